The molecule has 0 saturated carbocycles. The van der Waals surface area contributed by atoms with E-state index in [-0.39, 0.29) is 5.97 Å². The van der Waals surface area contributed by atoms with Gasteiger partial charge in [-0.05, 0) is 12.0 Å². The van der Waals surface area contributed by atoms with Gasteiger partial charge in [0.15, 0.2) is 0 Å². The van der Waals surface area contributed by atoms with Gasteiger partial charge in [-0.2, -0.15) is 0 Å². The van der Waals surface area contributed by atoms with Crippen LogP contribution in [0.3, 0.4) is 0 Å². The number of rotatable bonds is 4. The van der Waals surface area contributed by atoms with Gasteiger partial charge in [-0.3, -0.25) is 0 Å². The van der Waals surface area contributed by atoms with Crippen LogP contribution in [0.5, 0.6) is 0 Å². The van der Waals surface area contributed by atoms with Gasteiger partial charge in [0, 0.05) is 5.56 Å². The molecular formula is C18H15NO2. The first-order chi connectivity index (χ1) is 10.3. The van der Waals surface area contributed by atoms with Crippen molar-refractivity contribution < 1.29 is 9.63 Å². The normalized spacial score (nSPS) is 20.8. The molecule has 104 valence electrons. The first-order valence-corrected chi connectivity index (χ1v) is 6.81. The number of nitrogens with zero attached hydrogens (tertiary/aromatic N) is 1. The molecule has 1 heterocycles. The number of carbonyl (C=O) groups is 1. The minimum absolute atomic E-state index is 0.354. The van der Waals surface area contributed by atoms with Crippen molar-refractivity contribution in [2.24, 2.45) is 5.16 Å². The maximum absolute atomic E-state index is 12.5. The van der Waals surface area contributed by atoms with Gasteiger partial charge in [0.25, 0.3) is 0 Å². The summed E-state index contributed by atoms with van der Waals surface area (Å²) < 4.78 is 0. The second-order valence-corrected chi connectivity index (χ2v) is 4.95. The fourth-order valence-corrected chi connectivity index (χ4v) is 2.73. The Balaban J connectivity index is 2.19. The Morgan fingerprint density at radius 2 is 1.67 bits per heavy atom. The van der Waals surface area contributed by atoms with E-state index in [1.54, 1.807) is 6.08 Å². The molecule has 0 fully saturated rings. The predicted molar refractivity (Wildman–Crippen MR) is 82.0 cm³/mol. The third-order valence-electron chi connectivity index (χ3n) is 3.74. The van der Waals surface area contributed by atoms with Crippen molar-refractivity contribution in [3.63, 3.8) is 0 Å². The Morgan fingerprint density at radius 1 is 1.05 bits per heavy atom. The molecular weight excluding hydrogens is 262 g/mol. The van der Waals surface area contributed by atoms with Crippen LogP contribution in [0.2, 0.25) is 0 Å². The maximum Gasteiger partial charge on any atom is 0.351 e. The molecule has 0 radical (unpaired) electrons. The van der Waals surface area contributed by atoms with Crippen LogP contribution in [-0.2, 0) is 15.0 Å². The predicted octanol–water partition coefficient (Wildman–Crippen LogP) is 3.46. The molecule has 0 bridgehead atoms. The van der Waals surface area contributed by atoms with Crippen LogP contribution in [0, 0.1) is 0 Å². The summed E-state index contributed by atoms with van der Waals surface area (Å²) in [5, 5.41) is 4.05. The van der Waals surface area contributed by atoms with Crippen molar-refractivity contribution in [1.82, 2.24) is 0 Å². The summed E-state index contributed by atoms with van der Waals surface area (Å²) >= 11 is 0. The van der Waals surface area contributed by atoms with Gasteiger partial charge in [-0.25, -0.2) is 4.79 Å². The lowest BCUT2D eigenvalue weighted by Gasteiger charge is -2.25. The standard InChI is InChI=1S/C18H15NO2/c1-2-13-18(15-11-7-4-8-12-15)16(19-21-17(18)20)14-9-5-3-6-10-14/h2-12H,1,13H2. The Labute approximate surface area is 123 Å². The van der Waals surface area contributed by atoms with Crippen molar-refractivity contribution in [2.45, 2.75) is 11.8 Å². The highest BCUT2D eigenvalue weighted by Crippen LogP contribution is 2.38. The van der Waals surface area contributed by atoms with E-state index in [0.29, 0.717) is 12.1 Å². The fourth-order valence-electron chi connectivity index (χ4n) is 2.73. The Kier molecular flexibility index (Phi) is 3.40. The van der Waals surface area contributed by atoms with Crippen LogP contribution in [0.4, 0.5) is 0 Å². The topological polar surface area (TPSA) is 38.7 Å². The highest BCUT2D eigenvalue weighted by molar-refractivity contribution is 6.22. The van der Waals surface area contributed by atoms with Gasteiger partial charge < -0.3 is 4.84 Å². The fraction of sp³-hybridized carbons (Fsp3) is 0.111. The third-order valence-corrected chi connectivity index (χ3v) is 3.74. The number of hydrogen-bond donors (Lipinski definition) is 0. The second-order valence-electron chi connectivity index (χ2n) is 4.95. The highest BCUT2D eigenvalue weighted by atomic mass is 16.7. The van der Waals surface area contributed by atoms with E-state index in [1.807, 2.05) is 60.7 Å². The quantitative estimate of drug-likeness (QED) is 0.634. The number of oxime groups is 1. The molecule has 1 aliphatic rings. The Morgan fingerprint density at radius 3 is 2.29 bits per heavy atom. The van der Waals surface area contributed by atoms with Crippen molar-refractivity contribution in [3.05, 3.63) is 84.4 Å². The number of hydrogen-bond acceptors (Lipinski definition) is 3. The molecule has 1 unspecified atom stereocenters. The average molecular weight is 277 g/mol. The van der Waals surface area contributed by atoms with Crippen molar-refractivity contribution in [2.75, 3.05) is 0 Å². The van der Waals surface area contributed by atoms with Crippen LogP contribution in [0.25, 0.3) is 0 Å². The lowest BCUT2D eigenvalue weighted by molar-refractivity contribution is -0.144. The Bertz CT molecular complexity index is 692. The Hall–Kier alpha value is -2.68. The summed E-state index contributed by atoms with van der Waals surface area (Å²) in [6, 6.07) is 19.2. The molecule has 2 aromatic rings. The van der Waals surface area contributed by atoms with Crippen molar-refractivity contribution in [1.29, 1.82) is 0 Å². The smallest absolute Gasteiger partial charge is 0.316 e. The summed E-state index contributed by atoms with van der Waals surface area (Å²) in [6.07, 6.45) is 2.18. The van der Waals surface area contributed by atoms with Crippen LogP contribution in [-0.4, -0.2) is 11.7 Å². The third kappa shape index (κ3) is 2.07. The van der Waals surface area contributed by atoms with E-state index in [4.69, 9.17) is 4.84 Å². The second kappa shape index (κ2) is 5.37. The lowest BCUT2D eigenvalue weighted by Crippen LogP contribution is -2.40. The zero-order chi connectivity index (χ0) is 14.7. The first-order valence-electron chi connectivity index (χ1n) is 6.81. The van der Waals surface area contributed by atoms with Gasteiger partial charge in [-0.15, -0.1) is 6.58 Å². The molecule has 0 N–H and O–H groups in total. The lowest BCUT2D eigenvalue weighted by atomic mass is 9.72. The van der Waals surface area contributed by atoms with E-state index >= 15 is 0 Å². The maximum atomic E-state index is 12.5. The number of carbonyl (C=O) groups excluding carboxylic acids is 1. The molecule has 1 atom stereocenters. The van der Waals surface area contributed by atoms with Crippen LogP contribution < -0.4 is 0 Å². The summed E-state index contributed by atoms with van der Waals surface area (Å²) in [7, 11) is 0. The minimum atomic E-state index is -0.912. The summed E-state index contributed by atoms with van der Waals surface area (Å²) in [5.74, 6) is -0.354. The van der Waals surface area contributed by atoms with Crippen LogP contribution >= 0.6 is 0 Å². The molecule has 2 aromatic carbocycles. The molecule has 0 amide bonds. The SMILES string of the molecule is C=CCC1(c2ccccc2)C(=O)ON=C1c1ccccc1. The minimum Gasteiger partial charge on any atom is -0.316 e. The van der Waals surface area contributed by atoms with Gasteiger partial charge >= 0.3 is 5.97 Å². The zero-order valence-electron chi connectivity index (χ0n) is 11.5. The largest absolute Gasteiger partial charge is 0.351 e. The highest BCUT2D eigenvalue weighted by Gasteiger charge is 2.50. The van der Waals surface area contributed by atoms with Gasteiger partial charge in [0.1, 0.15) is 11.1 Å². The molecule has 0 aromatic heterocycles. The molecule has 21 heavy (non-hydrogen) atoms. The first kappa shape index (κ1) is 13.3. The summed E-state index contributed by atoms with van der Waals surface area (Å²) in [5.41, 5.74) is 1.48. The molecule has 0 aliphatic carbocycles. The van der Waals surface area contributed by atoms with E-state index in [1.165, 1.54) is 0 Å². The van der Waals surface area contributed by atoms with Gasteiger partial charge in [0.2, 0.25) is 0 Å². The summed E-state index contributed by atoms with van der Waals surface area (Å²) in [6.45, 7) is 3.79. The van der Waals surface area contributed by atoms with E-state index in [2.05, 4.69) is 11.7 Å². The van der Waals surface area contributed by atoms with Crippen LogP contribution in [0.15, 0.2) is 78.5 Å². The van der Waals surface area contributed by atoms with Crippen molar-refractivity contribution >= 4 is 11.7 Å². The molecule has 1 aliphatic heterocycles. The van der Waals surface area contributed by atoms with Gasteiger partial charge in [-0.1, -0.05) is 71.9 Å². The number of benzene rings is 2. The van der Waals surface area contributed by atoms with E-state index < -0.39 is 5.41 Å². The van der Waals surface area contributed by atoms with Gasteiger partial charge in [0.05, 0.1) is 0 Å². The molecule has 0 saturated heterocycles. The van der Waals surface area contributed by atoms with E-state index in [9.17, 15) is 4.79 Å². The molecule has 0 spiro atoms. The molecule has 3 heteroatoms. The van der Waals surface area contributed by atoms with Crippen molar-refractivity contribution in [3.8, 4) is 0 Å². The molecule has 3 rings (SSSR count). The number of allylic oxidation sites excluding steroid dienone is 1. The van der Waals surface area contributed by atoms with E-state index in [0.717, 1.165) is 11.1 Å². The average Bonchev–Trinajstić information content (AvgIpc) is 2.87. The monoisotopic (exact) mass is 277 g/mol. The molecule has 3 nitrogen and oxygen atoms in total. The summed E-state index contributed by atoms with van der Waals surface area (Å²) in [4.78, 5) is 17.5. The van der Waals surface area contributed by atoms with Crippen LogP contribution in [0.1, 0.15) is 17.5 Å². The zero-order valence-corrected chi connectivity index (χ0v) is 11.5.